The molecule has 2 aliphatic carbocycles. The van der Waals surface area contributed by atoms with Gasteiger partial charge in [0.15, 0.2) is 0 Å². The van der Waals surface area contributed by atoms with Gasteiger partial charge in [-0.05, 0) is 31.6 Å². The third-order valence-corrected chi connectivity index (χ3v) is 5.20. The monoisotopic (exact) mass is 283 g/mol. The Labute approximate surface area is 120 Å². The molecule has 1 heterocycles. The van der Waals surface area contributed by atoms with Crippen LogP contribution >= 0.6 is 0 Å². The van der Waals surface area contributed by atoms with Crippen molar-refractivity contribution in [1.29, 1.82) is 0 Å². The summed E-state index contributed by atoms with van der Waals surface area (Å²) in [6.07, 6.45) is 4.41. The van der Waals surface area contributed by atoms with Crippen molar-refractivity contribution in [2.45, 2.75) is 50.7 Å². The molecule has 0 aromatic rings. The van der Waals surface area contributed by atoms with Crippen LogP contribution in [0.5, 0.6) is 0 Å². The molecule has 5 heteroatoms. The Morgan fingerprint density at radius 2 is 2.05 bits per heavy atom. The van der Waals surface area contributed by atoms with Crippen LogP contribution in [0.1, 0.15) is 39.0 Å². The van der Waals surface area contributed by atoms with Crippen LogP contribution < -0.4 is 5.32 Å². The van der Waals surface area contributed by atoms with E-state index in [1.54, 1.807) is 0 Å². The summed E-state index contributed by atoms with van der Waals surface area (Å²) in [4.78, 5) is 12.2. The highest BCUT2D eigenvalue weighted by atomic mass is 16.5. The summed E-state index contributed by atoms with van der Waals surface area (Å²) in [5.41, 5.74) is -0.550. The molecular weight excluding hydrogens is 258 g/mol. The van der Waals surface area contributed by atoms with Crippen LogP contribution in [0.2, 0.25) is 0 Å². The van der Waals surface area contributed by atoms with Crippen molar-refractivity contribution in [3.05, 3.63) is 0 Å². The van der Waals surface area contributed by atoms with E-state index < -0.39 is 5.60 Å². The Bertz CT molecular complexity index is 372. The third-order valence-electron chi connectivity index (χ3n) is 5.20. The zero-order chi connectivity index (χ0) is 14.2. The Morgan fingerprint density at radius 1 is 1.35 bits per heavy atom. The molecule has 114 valence electrons. The van der Waals surface area contributed by atoms with Crippen LogP contribution in [0.3, 0.4) is 0 Å². The second kappa shape index (κ2) is 5.28. The molecule has 1 aliphatic heterocycles. The molecule has 2 N–H and O–H groups in total. The van der Waals surface area contributed by atoms with E-state index in [1.807, 2.05) is 6.92 Å². The fourth-order valence-corrected chi connectivity index (χ4v) is 3.71. The summed E-state index contributed by atoms with van der Waals surface area (Å²) in [5, 5.41) is 13.2. The first-order valence-corrected chi connectivity index (χ1v) is 7.76. The largest absolute Gasteiger partial charge is 0.388 e. The molecular formula is C15H25NO4. The summed E-state index contributed by atoms with van der Waals surface area (Å²) >= 11 is 0. The molecule has 1 amide bonds. The number of amides is 1. The number of aliphatic hydroxyl groups is 1. The zero-order valence-electron chi connectivity index (χ0n) is 12.2. The van der Waals surface area contributed by atoms with Crippen molar-refractivity contribution in [2.75, 3.05) is 26.4 Å². The molecule has 1 unspecified atom stereocenters. The Balaban J connectivity index is 1.40. The van der Waals surface area contributed by atoms with Gasteiger partial charge in [0.2, 0.25) is 5.91 Å². The fourth-order valence-electron chi connectivity index (χ4n) is 3.71. The maximum atomic E-state index is 12.2. The minimum atomic E-state index is -0.757. The molecule has 0 radical (unpaired) electrons. The van der Waals surface area contributed by atoms with Gasteiger partial charge in [-0.1, -0.05) is 0 Å². The number of hydrogen-bond acceptors (Lipinski definition) is 4. The first-order chi connectivity index (χ1) is 9.57. The van der Waals surface area contributed by atoms with E-state index >= 15 is 0 Å². The molecule has 3 aliphatic rings. The van der Waals surface area contributed by atoms with Gasteiger partial charge in [0.25, 0.3) is 0 Å². The predicted molar refractivity (Wildman–Crippen MR) is 73.2 cm³/mol. The standard InChI is InChI=1S/C15H25NO4/c1-2-20-11-7-15(18,8-11)10-16-13(17)12-9-14(12)3-5-19-6-4-14/h11-12,18H,2-10H2,1H3,(H,16,17). The molecule has 3 fully saturated rings. The van der Waals surface area contributed by atoms with Crippen molar-refractivity contribution in [3.63, 3.8) is 0 Å². The van der Waals surface area contributed by atoms with Gasteiger partial charge in [0.05, 0.1) is 11.7 Å². The highest BCUT2D eigenvalue weighted by Crippen LogP contribution is 2.59. The minimum absolute atomic E-state index is 0.111. The minimum Gasteiger partial charge on any atom is -0.388 e. The molecule has 3 rings (SSSR count). The number of carbonyl (C=O) groups is 1. The number of carbonyl (C=O) groups excluding carboxylic acids is 1. The summed E-state index contributed by atoms with van der Waals surface area (Å²) in [6, 6.07) is 0. The highest BCUT2D eigenvalue weighted by molar-refractivity contribution is 5.82. The van der Waals surface area contributed by atoms with Crippen LogP contribution in [-0.4, -0.2) is 49.1 Å². The summed E-state index contributed by atoms with van der Waals surface area (Å²) < 4.78 is 10.8. The maximum Gasteiger partial charge on any atom is 0.223 e. The van der Waals surface area contributed by atoms with E-state index in [9.17, 15) is 9.90 Å². The highest BCUT2D eigenvalue weighted by Gasteiger charge is 2.58. The van der Waals surface area contributed by atoms with Crippen molar-refractivity contribution in [2.24, 2.45) is 11.3 Å². The Morgan fingerprint density at radius 3 is 2.70 bits per heavy atom. The summed E-state index contributed by atoms with van der Waals surface area (Å²) in [7, 11) is 0. The average molecular weight is 283 g/mol. The Hall–Kier alpha value is -0.650. The molecule has 2 saturated carbocycles. The van der Waals surface area contributed by atoms with Crippen LogP contribution in [0, 0.1) is 11.3 Å². The molecule has 5 nitrogen and oxygen atoms in total. The van der Waals surface area contributed by atoms with Crippen LogP contribution in [0.25, 0.3) is 0 Å². The topological polar surface area (TPSA) is 67.8 Å². The second-order valence-electron chi connectivity index (χ2n) is 6.66. The van der Waals surface area contributed by atoms with Gasteiger partial charge >= 0.3 is 0 Å². The first kappa shape index (κ1) is 14.3. The molecule has 1 spiro atoms. The van der Waals surface area contributed by atoms with Crippen molar-refractivity contribution in [3.8, 4) is 0 Å². The molecule has 0 aromatic carbocycles. The lowest BCUT2D eigenvalue weighted by atomic mass is 9.77. The molecule has 0 aromatic heterocycles. The molecule has 1 saturated heterocycles. The van der Waals surface area contributed by atoms with Gasteiger partial charge in [-0.3, -0.25) is 4.79 Å². The normalized spacial score (nSPS) is 38.3. The molecule has 1 atom stereocenters. The van der Waals surface area contributed by atoms with Gasteiger partial charge in [-0.2, -0.15) is 0 Å². The van der Waals surface area contributed by atoms with Gasteiger partial charge in [0, 0.05) is 45.1 Å². The van der Waals surface area contributed by atoms with E-state index in [0.717, 1.165) is 32.5 Å². The van der Waals surface area contributed by atoms with E-state index in [1.165, 1.54) is 0 Å². The quantitative estimate of drug-likeness (QED) is 0.785. The van der Waals surface area contributed by atoms with Gasteiger partial charge in [-0.15, -0.1) is 0 Å². The van der Waals surface area contributed by atoms with Gasteiger partial charge in [-0.25, -0.2) is 0 Å². The van der Waals surface area contributed by atoms with E-state index in [0.29, 0.717) is 26.0 Å². The lowest BCUT2D eigenvalue weighted by Crippen LogP contribution is -2.55. The average Bonchev–Trinajstić information content (AvgIpc) is 3.09. The van der Waals surface area contributed by atoms with Gasteiger partial charge in [0.1, 0.15) is 0 Å². The van der Waals surface area contributed by atoms with E-state index in [4.69, 9.17) is 9.47 Å². The van der Waals surface area contributed by atoms with Crippen LogP contribution in [0.15, 0.2) is 0 Å². The van der Waals surface area contributed by atoms with Crippen LogP contribution in [0.4, 0.5) is 0 Å². The Kier molecular flexibility index (Phi) is 3.77. The lowest BCUT2D eigenvalue weighted by Gasteiger charge is -2.43. The van der Waals surface area contributed by atoms with Gasteiger partial charge < -0.3 is 19.9 Å². The number of ether oxygens (including phenoxy) is 2. The zero-order valence-corrected chi connectivity index (χ0v) is 12.2. The van der Waals surface area contributed by atoms with Crippen molar-refractivity contribution >= 4 is 5.91 Å². The second-order valence-corrected chi connectivity index (χ2v) is 6.66. The first-order valence-electron chi connectivity index (χ1n) is 7.76. The third kappa shape index (κ3) is 2.71. The lowest BCUT2D eigenvalue weighted by molar-refractivity contribution is -0.142. The fraction of sp³-hybridized carbons (Fsp3) is 0.933. The van der Waals surface area contributed by atoms with Crippen molar-refractivity contribution in [1.82, 2.24) is 5.32 Å². The van der Waals surface area contributed by atoms with E-state index in [2.05, 4.69) is 5.32 Å². The SMILES string of the molecule is CCOC1CC(O)(CNC(=O)C2CC23CCOCC3)C1. The predicted octanol–water partition coefficient (Wildman–Crippen LogP) is 0.849. The maximum absolute atomic E-state index is 12.2. The van der Waals surface area contributed by atoms with E-state index in [-0.39, 0.29) is 23.3 Å². The molecule has 20 heavy (non-hydrogen) atoms. The number of rotatable bonds is 5. The smallest absolute Gasteiger partial charge is 0.223 e. The van der Waals surface area contributed by atoms with Crippen LogP contribution in [-0.2, 0) is 14.3 Å². The number of hydrogen-bond donors (Lipinski definition) is 2. The molecule has 0 bridgehead atoms. The number of nitrogens with one attached hydrogen (secondary N) is 1. The van der Waals surface area contributed by atoms with Crippen molar-refractivity contribution < 1.29 is 19.4 Å². The summed E-state index contributed by atoms with van der Waals surface area (Å²) in [5.74, 6) is 0.248. The summed E-state index contributed by atoms with van der Waals surface area (Å²) in [6.45, 7) is 4.56.